The minimum atomic E-state index is -0.591. The Morgan fingerprint density at radius 2 is 1.15 bits per heavy atom. The third-order valence-corrected chi connectivity index (χ3v) is 5.01. The van der Waals surface area contributed by atoms with Gasteiger partial charge in [0.25, 0.3) is 0 Å². The Balaban J connectivity index is 3.52. The molecule has 0 spiro atoms. The maximum Gasteiger partial charge on any atom is 0.306 e. The minimum absolute atomic E-state index is 0.115. The van der Waals surface area contributed by atoms with Gasteiger partial charge in [0.05, 0.1) is 5.92 Å². The van der Waals surface area contributed by atoms with Gasteiger partial charge >= 0.3 is 5.97 Å². The van der Waals surface area contributed by atoms with Crippen LogP contribution in [0.3, 0.4) is 0 Å². The maximum atomic E-state index is 11.3. The molecular formula is C24H44O2. The van der Waals surface area contributed by atoms with E-state index in [2.05, 4.69) is 38.2 Å². The van der Waals surface area contributed by atoms with Gasteiger partial charge in [0, 0.05) is 0 Å². The first-order valence-corrected chi connectivity index (χ1v) is 11.2. The highest BCUT2D eigenvalue weighted by molar-refractivity contribution is 5.69. The Morgan fingerprint density at radius 1 is 0.692 bits per heavy atom. The van der Waals surface area contributed by atoms with Crippen LogP contribution in [0.5, 0.6) is 0 Å². The van der Waals surface area contributed by atoms with E-state index in [0.717, 1.165) is 38.5 Å². The van der Waals surface area contributed by atoms with Gasteiger partial charge in [0.1, 0.15) is 0 Å². The number of carboxylic acids is 1. The Kier molecular flexibility index (Phi) is 19.4. The Bertz CT molecular complexity index is 357. The summed E-state index contributed by atoms with van der Waals surface area (Å²) in [6.07, 6.45) is 27.6. The van der Waals surface area contributed by atoms with Crippen molar-refractivity contribution in [1.82, 2.24) is 0 Å². The molecule has 2 heteroatoms. The van der Waals surface area contributed by atoms with Crippen LogP contribution in [0, 0.1) is 5.92 Å². The van der Waals surface area contributed by atoms with Gasteiger partial charge in [-0.15, -0.1) is 0 Å². The van der Waals surface area contributed by atoms with Crippen LogP contribution in [0.25, 0.3) is 0 Å². The van der Waals surface area contributed by atoms with Gasteiger partial charge < -0.3 is 5.11 Å². The summed E-state index contributed by atoms with van der Waals surface area (Å²) in [6, 6.07) is 0. The van der Waals surface area contributed by atoms with Gasteiger partial charge in [-0.2, -0.15) is 0 Å². The molecule has 0 aromatic rings. The lowest BCUT2D eigenvalue weighted by molar-refractivity contribution is -0.142. The summed E-state index contributed by atoms with van der Waals surface area (Å²) in [6.45, 7) is 4.43. The van der Waals surface area contributed by atoms with E-state index in [0.29, 0.717) is 0 Å². The summed E-state index contributed by atoms with van der Waals surface area (Å²) < 4.78 is 0. The average molecular weight is 365 g/mol. The molecule has 0 saturated heterocycles. The van der Waals surface area contributed by atoms with Crippen LogP contribution in [0.2, 0.25) is 0 Å². The molecular weight excluding hydrogens is 320 g/mol. The van der Waals surface area contributed by atoms with Crippen molar-refractivity contribution < 1.29 is 9.90 Å². The SMILES string of the molecule is CCCCC/C=C\C/C=C\CCCCCCC(CCCCCC)C(=O)O. The summed E-state index contributed by atoms with van der Waals surface area (Å²) in [5.41, 5.74) is 0. The lowest BCUT2D eigenvalue weighted by Gasteiger charge is -2.11. The first-order valence-electron chi connectivity index (χ1n) is 11.2. The molecule has 0 radical (unpaired) electrons. The molecule has 0 aliphatic heterocycles. The Morgan fingerprint density at radius 3 is 1.69 bits per heavy atom. The number of carbonyl (C=O) groups is 1. The predicted molar refractivity (Wildman–Crippen MR) is 115 cm³/mol. The summed E-state index contributed by atoms with van der Waals surface area (Å²) in [5.74, 6) is -0.706. The van der Waals surface area contributed by atoms with E-state index in [1.54, 1.807) is 0 Å². The first kappa shape index (κ1) is 24.9. The zero-order chi connectivity index (χ0) is 19.3. The van der Waals surface area contributed by atoms with E-state index in [1.165, 1.54) is 64.2 Å². The van der Waals surface area contributed by atoms with Crippen LogP contribution < -0.4 is 0 Å². The molecule has 0 fully saturated rings. The van der Waals surface area contributed by atoms with E-state index < -0.39 is 5.97 Å². The van der Waals surface area contributed by atoms with Crippen molar-refractivity contribution in [1.29, 1.82) is 0 Å². The molecule has 1 N–H and O–H groups in total. The summed E-state index contributed by atoms with van der Waals surface area (Å²) in [7, 11) is 0. The van der Waals surface area contributed by atoms with Crippen LogP contribution in [0.15, 0.2) is 24.3 Å². The highest BCUT2D eigenvalue weighted by Gasteiger charge is 2.15. The van der Waals surface area contributed by atoms with E-state index in [4.69, 9.17) is 0 Å². The zero-order valence-electron chi connectivity index (χ0n) is 17.6. The normalized spacial score (nSPS) is 13.0. The van der Waals surface area contributed by atoms with Gasteiger partial charge in [-0.1, -0.05) is 95.9 Å². The van der Waals surface area contributed by atoms with Crippen LogP contribution in [0.1, 0.15) is 117 Å². The topological polar surface area (TPSA) is 37.3 Å². The van der Waals surface area contributed by atoms with Crippen LogP contribution >= 0.6 is 0 Å². The Hall–Kier alpha value is -1.05. The number of rotatable bonds is 19. The third kappa shape index (κ3) is 17.8. The highest BCUT2D eigenvalue weighted by Crippen LogP contribution is 2.19. The molecule has 0 saturated carbocycles. The molecule has 0 aromatic heterocycles. The number of carboxylic acid groups (broad SMARTS) is 1. The maximum absolute atomic E-state index is 11.3. The van der Waals surface area contributed by atoms with Gasteiger partial charge in [0.2, 0.25) is 0 Å². The first-order chi connectivity index (χ1) is 12.7. The van der Waals surface area contributed by atoms with Gasteiger partial charge in [-0.05, 0) is 44.9 Å². The number of hydrogen-bond donors (Lipinski definition) is 1. The molecule has 152 valence electrons. The second-order valence-electron chi connectivity index (χ2n) is 7.55. The van der Waals surface area contributed by atoms with Crippen LogP contribution in [-0.4, -0.2) is 11.1 Å². The van der Waals surface area contributed by atoms with Gasteiger partial charge in [-0.3, -0.25) is 4.79 Å². The largest absolute Gasteiger partial charge is 0.481 e. The molecule has 26 heavy (non-hydrogen) atoms. The molecule has 0 heterocycles. The third-order valence-electron chi connectivity index (χ3n) is 5.01. The molecule has 0 aliphatic rings. The lowest BCUT2D eigenvalue weighted by atomic mass is 9.94. The molecule has 1 atom stereocenters. The molecule has 0 bridgehead atoms. The molecule has 1 unspecified atom stereocenters. The van der Waals surface area contributed by atoms with E-state index in [-0.39, 0.29) is 5.92 Å². The molecule has 0 aliphatic carbocycles. The Labute approximate surface area is 163 Å². The molecule has 0 amide bonds. The fraction of sp³-hybridized carbons (Fsp3) is 0.792. The van der Waals surface area contributed by atoms with Crippen molar-refractivity contribution in [3.63, 3.8) is 0 Å². The van der Waals surface area contributed by atoms with Crippen molar-refractivity contribution >= 4 is 5.97 Å². The van der Waals surface area contributed by atoms with Gasteiger partial charge in [0.15, 0.2) is 0 Å². The molecule has 0 aromatic carbocycles. The summed E-state index contributed by atoms with van der Waals surface area (Å²) >= 11 is 0. The zero-order valence-corrected chi connectivity index (χ0v) is 17.6. The second-order valence-corrected chi connectivity index (χ2v) is 7.55. The van der Waals surface area contributed by atoms with E-state index in [9.17, 15) is 9.90 Å². The molecule has 2 nitrogen and oxygen atoms in total. The molecule has 0 rings (SSSR count). The minimum Gasteiger partial charge on any atom is -0.481 e. The standard InChI is InChI=1S/C24H44O2/c1-3-5-7-9-10-11-12-13-14-15-16-17-18-20-22-23(24(25)26)21-19-8-6-4-2/h10-11,13-14,23H,3-9,12,15-22H2,1-2H3,(H,25,26)/b11-10-,14-13-. The predicted octanol–water partition coefficient (Wildman–Crippen LogP) is 8.08. The van der Waals surface area contributed by atoms with Crippen molar-refractivity contribution in [2.75, 3.05) is 0 Å². The van der Waals surface area contributed by atoms with Crippen LogP contribution in [0.4, 0.5) is 0 Å². The number of aliphatic carboxylic acids is 1. The second kappa shape index (κ2) is 20.3. The van der Waals surface area contributed by atoms with Crippen molar-refractivity contribution in [2.45, 2.75) is 117 Å². The summed E-state index contributed by atoms with van der Waals surface area (Å²) in [4.78, 5) is 11.3. The number of unbranched alkanes of at least 4 members (excludes halogenated alkanes) is 10. The van der Waals surface area contributed by atoms with Crippen molar-refractivity contribution in [3.05, 3.63) is 24.3 Å². The lowest BCUT2D eigenvalue weighted by Crippen LogP contribution is -2.13. The van der Waals surface area contributed by atoms with Gasteiger partial charge in [-0.25, -0.2) is 0 Å². The fourth-order valence-electron chi connectivity index (χ4n) is 3.23. The number of allylic oxidation sites excluding steroid dienone is 4. The fourth-order valence-corrected chi connectivity index (χ4v) is 3.23. The van der Waals surface area contributed by atoms with Crippen LogP contribution in [-0.2, 0) is 4.79 Å². The monoisotopic (exact) mass is 364 g/mol. The smallest absolute Gasteiger partial charge is 0.306 e. The van der Waals surface area contributed by atoms with E-state index in [1.807, 2.05) is 0 Å². The quantitative estimate of drug-likeness (QED) is 0.186. The average Bonchev–Trinajstić information content (AvgIpc) is 2.63. The van der Waals surface area contributed by atoms with Crippen molar-refractivity contribution in [3.8, 4) is 0 Å². The summed E-state index contributed by atoms with van der Waals surface area (Å²) in [5, 5.41) is 9.32. The van der Waals surface area contributed by atoms with E-state index >= 15 is 0 Å². The van der Waals surface area contributed by atoms with Crippen molar-refractivity contribution in [2.24, 2.45) is 5.92 Å². The highest BCUT2D eigenvalue weighted by atomic mass is 16.4. The number of hydrogen-bond acceptors (Lipinski definition) is 1.